The predicted octanol–water partition coefficient (Wildman–Crippen LogP) is 1.73. The zero-order valence-electron chi connectivity index (χ0n) is 12.9. The fourth-order valence-corrected chi connectivity index (χ4v) is 2.17. The van der Waals surface area contributed by atoms with E-state index in [0.717, 1.165) is 31.9 Å². The second kappa shape index (κ2) is 6.50. The summed E-state index contributed by atoms with van der Waals surface area (Å²) in [6.45, 7) is 11.1. The third-order valence-corrected chi connectivity index (χ3v) is 3.51. The lowest BCUT2D eigenvalue weighted by atomic mass is 9.93. The molecule has 0 amide bonds. The van der Waals surface area contributed by atoms with E-state index >= 15 is 0 Å². The average molecular weight is 279 g/mol. The van der Waals surface area contributed by atoms with Crippen LogP contribution in [0.1, 0.15) is 26.5 Å². The number of likely N-dealkylation sites (tertiary alicyclic amines) is 1. The molecule has 20 heavy (non-hydrogen) atoms. The van der Waals surface area contributed by atoms with Gasteiger partial charge in [0.1, 0.15) is 0 Å². The molecule has 0 bridgehead atoms. The lowest BCUT2D eigenvalue weighted by Gasteiger charge is -2.38. The van der Waals surface area contributed by atoms with Gasteiger partial charge in [-0.15, -0.1) is 0 Å². The molecule has 0 spiro atoms. The summed E-state index contributed by atoms with van der Waals surface area (Å²) in [5, 5.41) is 0. The van der Waals surface area contributed by atoms with Gasteiger partial charge in [0, 0.05) is 38.1 Å². The van der Waals surface area contributed by atoms with E-state index in [1.807, 2.05) is 0 Å². The molecule has 1 saturated heterocycles. The number of methoxy groups -OCH3 is 1. The van der Waals surface area contributed by atoms with Crippen molar-refractivity contribution in [3.05, 3.63) is 18.1 Å². The first-order valence-corrected chi connectivity index (χ1v) is 7.15. The number of nitrogens with zero attached hydrogens (tertiary/aromatic N) is 3. The van der Waals surface area contributed by atoms with Crippen molar-refractivity contribution in [3.63, 3.8) is 0 Å². The summed E-state index contributed by atoms with van der Waals surface area (Å²) >= 11 is 0. The van der Waals surface area contributed by atoms with Crippen molar-refractivity contribution in [2.45, 2.75) is 26.2 Å². The molecule has 0 atom stereocenters. The Morgan fingerprint density at radius 3 is 2.55 bits per heavy atom. The van der Waals surface area contributed by atoms with E-state index in [9.17, 15) is 0 Å². The first-order chi connectivity index (χ1) is 9.49. The van der Waals surface area contributed by atoms with Gasteiger partial charge in [0.2, 0.25) is 5.88 Å². The van der Waals surface area contributed by atoms with Gasteiger partial charge in [-0.05, 0) is 0 Å². The molecule has 1 aliphatic heterocycles. The largest absolute Gasteiger partial charge is 0.476 e. The highest BCUT2D eigenvalue weighted by molar-refractivity contribution is 5.13. The Balaban J connectivity index is 1.71. The molecule has 1 aromatic heterocycles. The molecule has 2 heterocycles. The van der Waals surface area contributed by atoms with Crippen LogP contribution in [0, 0.1) is 5.92 Å². The minimum absolute atomic E-state index is 0.0291. The fourth-order valence-electron chi connectivity index (χ4n) is 2.17. The average Bonchev–Trinajstić information content (AvgIpc) is 2.36. The second-order valence-electron chi connectivity index (χ2n) is 6.42. The molecular weight excluding hydrogens is 254 g/mol. The fraction of sp³-hybridized carbons (Fsp3) is 0.733. The van der Waals surface area contributed by atoms with Gasteiger partial charge in [-0.25, -0.2) is 4.98 Å². The zero-order chi connectivity index (χ0) is 14.6. The number of hydrogen-bond donors (Lipinski definition) is 0. The zero-order valence-corrected chi connectivity index (χ0v) is 12.9. The van der Waals surface area contributed by atoms with E-state index in [4.69, 9.17) is 9.47 Å². The Morgan fingerprint density at radius 2 is 2.00 bits per heavy atom. The van der Waals surface area contributed by atoms with Gasteiger partial charge in [-0.3, -0.25) is 4.98 Å². The van der Waals surface area contributed by atoms with Crippen LogP contribution in [0.15, 0.2) is 12.4 Å². The Hall–Kier alpha value is -1.20. The third kappa shape index (κ3) is 4.15. The van der Waals surface area contributed by atoms with Crippen molar-refractivity contribution in [3.8, 4) is 5.88 Å². The molecule has 0 saturated carbocycles. The van der Waals surface area contributed by atoms with Crippen LogP contribution in [0.2, 0.25) is 0 Å². The third-order valence-electron chi connectivity index (χ3n) is 3.51. The van der Waals surface area contributed by atoms with Gasteiger partial charge < -0.3 is 14.4 Å². The summed E-state index contributed by atoms with van der Waals surface area (Å²) in [6, 6.07) is 0. The van der Waals surface area contributed by atoms with Crippen molar-refractivity contribution in [1.82, 2.24) is 14.9 Å². The maximum atomic E-state index is 5.70. The quantitative estimate of drug-likeness (QED) is 0.793. The summed E-state index contributed by atoms with van der Waals surface area (Å²) in [4.78, 5) is 11.1. The maximum Gasteiger partial charge on any atom is 0.232 e. The molecule has 5 nitrogen and oxygen atoms in total. The topological polar surface area (TPSA) is 47.5 Å². The van der Waals surface area contributed by atoms with E-state index in [1.165, 1.54) is 0 Å². The van der Waals surface area contributed by atoms with Gasteiger partial charge in [0.05, 0.1) is 31.3 Å². The number of rotatable bonds is 6. The van der Waals surface area contributed by atoms with E-state index in [1.54, 1.807) is 19.5 Å². The minimum atomic E-state index is 0.0291. The monoisotopic (exact) mass is 279 g/mol. The molecule has 2 rings (SSSR count). The molecule has 0 unspecified atom stereocenters. The molecular formula is C15H25N3O2. The van der Waals surface area contributed by atoms with Crippen molar-refractivity contribution in [2.24, 2.45) is 5.92 Å². The van der Waals surface area contributed by atoms with Crippen LogP contribution in [-0.2, 0) is 10.2 Å². The Bertz CT molecular complexity index is 408. The van der Waals surface area contributed by atoms with E-state index in [2.05, 4.69) is 35.6 Å². The van der Waals surface area contributed by atoms with E-state index in [0.29, 0.717) is 18.4 Å². The Labute approximate surface area is 121 Å². The molecule has 5 heteroatoms. The minimum Gasteiger partial charge on any atom is -0.476 e. The Morgan fingerprint density at radius 1 is 1.25 bits per heavy atom. The van der Waals surface area contributed by atoms with Crippen molar-refractivity contribution in [2.75, 3.05) is 40.0 Å². The lowest BCUT2D eigenvalue weighted by Crippen LogP contribution is -2.50. The van der Waals surface area contributed by atoms with Crippen molar-refractivity contribution < 1.29 is 9.47 Å². The van der Waals surface area contributed by atoms with Crippen LogP contribution in [-0.4, -0.2) is 54.8 Å². The molecule has 1 fully saturated rings. The van der Waals surface area contributed by atoms with Crippen LogP contribution in [0.4, 0.5) is 0 Å². The van der Waals surface area contributed by atoms with Gasteiger partial charge >= 0.3 is 0 Å². The first-order valence-electron chi connectivity index (χ1n) is 7.15. The molecule has 1 aromatic rings. The van der Waals surface area contributed by atoms with Crippen LogP contribution < -0.4 is 4.74 Å². The van der Waals surface area contributed by atoms with Crippen molar-refractivity contribution >= 4 is 0 Å². The van der Waals surface area contributed by atoms with E-state index in [-0.39, 0.29) is 5.41 Å². The van der Waals surface area contributed by atoms with Gasteiger partial charge in [0.15, 0.2) is 0 Å². The first kappa shape index (κ1) is 15.2. The summed E-state index contributed by atoms with van der Waals surface area (Å²) in [5.74, 6) is 1.21. The summed E-state index contributed by atoms with van der Waals surface area (Å²) in [6.07, 6.45) is 3.53. The van der Waals surface area contributed by atoms with Gasteiger partial charge in [-0.2, -0.15) is 0 Å². The summed E-state index contributed by atoms with van der Waals surface area (Å²) in [7, 11) is 1.74. The number of hydrogen-bond acceptors (Lipinski definition) is 5. The molecule has 1 aliphatic rings. The van der Waals surface area contributed by atoms with Crippen LogP contribution in [0.3, 0.4) is 0 Å². The molecule has 0 aliphatic carbocycles. The summed E-state index contributed by atoms with van der Waals surface area (Å²) < 4.78 is 10.8. The molecule has 0 radical (unpaired) electrons. The smallest absolute Gasteiger partial charge is 0.232 e. The molecule has 0 N–H and O–H groups in total. The van der Waals surface area contributed by atoms with Crippen LogP contribution in [0.25, 0.3) is 0 Å². The highest BCUT2D eigenvalue weighted by atomic mass is 16.5. The van der Waals surface area contributed by atoms with Gasteiger partial charge in [-0.1, -0.05) is 20.8 Å². The van der Waals surface area contributed by atoms with E-state index < -0.39 is 0 Å². The number of aromatic nitrogens is 2. The van der Waals surface area contributed by atoms with Crippen molar-refractivity contribution in [1.29, 1.82) is 0 Å². The van der Waals surface area contributed by atoms with Crippen LogP contribution in [0.5, 0.6) is 5.88 Å². The highest BCUT2D eigenvalue weighted by Gasteiger charge is 2.26. The lowest BCUT2D eigenvalue weighted by molar-refractivity contribution is 0.0386. The SMILES string of the molecule is COCCN1CC(COc2cnc(C(C)(C)C)cn2)C1. The van der Waals surface area contributed by atoms with Crippen LogP contribution >= 0.6 is 0 Å². The molecule has 0 aromatic carbocycles. The number of ether oxygens (including phenoxy) is 2. The Kier molecular flexibility index (Phi) is 4.94. The maximum absolute atomic E-state index is 5.70. The normalized spacial score (nSPS) is 17.0. The predicted molar refractivity (Wildman–Crippen MR) is 78.0 cm³/mol. The summed E-state index contributed by atoms with van der Waals surface area (Å²) in [5.41, 5.74) is 1.01. The standard InChI is InChI=1S/C15H25N3O2/c1-15(2,3)13-7-17-14(8-16-13)20-11-12-9-18(10-12)5-6-19-4/h7-8,12H,5-6,9-11H2,1-4H3. The van der Waals surface area contributed by atoms with Gasteiger partial charge in [0.25, 0.3) is 0 Å². The highest BCUT2D eigenvalue weighted by Crippen LogP contribution is 2.20. The second-order valence-corrected chi connectivity index (χ2v) is 6.42. The molecule has 112 valence electrons.